The summed E-state index contributed by atoms with van der Waals surface area (Å²) in [4.78, 5) is 24.6. The molecule has 0 bridgehead atoms. The summed E-state index contributed by atoms with van der Waals surface area (Å²) >= 11 is 0. The molecular formula is C60H113NO5. The molecule has 0 rings (SSSR count). The summed E-state index contributed by atoms with van der Waals surface area (Å²) in [5.74, 6) is -0.0966. The Bertz CT molecular complexity index is 1070. The molecule has 1 amide bonds. The maximum Gasteiger partial charge on any atom is 0.305 e. The number of ether oxygens (including phenoxy) is 1. The second-order valence-corrected chi connectivity index (χ2v) is 20.0. The van der Waals surface area contributed by atoms with Crippen molar-refractivity contribution in [1.29, 1.82) is 0 Å². The molecule has 0 aliphatic heterocycles. The van der Waals surface area contributed by atoms with Gasteiger partial charge in [0.2, 0.25) is 5.91 Å². The van der Waals surface area contributed by atoms with E-state index in [1.54, 1.807) is 6.08 Å². The average Bonchev–Trinajstić information content (AvgIpc) is 3.32. The molecule has 66 heavy (non-hydrogen) atoms. The Morgan fingerprint density at radius 3 is 1.18 bits per heavy atom. The number of rotatable bonds is 54. The molecule has 2 unspecified atom stereocenters. The molecule has 388 valence electrons. The van der Waals surface area contributed by atoms with Gasteiger partial charge in [0.1, 0.15) is 0 Å². The minimum absolute atomic E-state index is 0.0144. The molecule has 0 spiro atoms. The van der Waals surface area contributed by atoms with Crippen LogP contribution in [0.5, 0.6) is 0 Å². The number of nitrogens with one attached hydrogen (secondary N) is 1. The number of hydrogen-bond donors (Lipinski definition) is 3. The van der Waals surface area contributed by atoms with E-state index in [9.17, 15) is 19.8 Å². The zero-order valence-corrected chi connectivity index (χ0v) is 44.2. The van der Waals surface area contributed by atoms with Crippen LogP contribution >= 0.6 is 0 Å². The van der Waals surface area contributed by atoms with Gasteiger partial charge in [-0.2, -0.15) is 0 Å². The Hall–Kier alpha value is -1.92. The minimum atomic E-state index is -0.856. The van der Waals surface area contributed by atoms with Crippen molar-refractivity contribution in [2.45, 2.75) is 321 Å². The van der Waals surface area contributed by atoms with Crippen molar-refractivity contribution in [1.82, 2.24) is 5.32 Å². The number of aliphatic hydroxyl groups excluding tert-OH is 2. The van der Waals surface area contributed by atoms with Crippen LogP contribution in [0.1, 0.15) is 309 Å². The summed E-state index contributed by atoms with van der Waals surface area (Å²) in [6.07, 6.45) is 68.7. The molecule has 0 aliphatic carbocycles. The average molecular weight is 929 g/mol. The van der Waals surface area contributed by atoms with Gasteiger partial charge in [0.05, 0.1) is 25.4 Å². The van der Waals surface area contributed by atoms with Crippen molar-refractivity contribution >= 4 is 11.9 Å². The van der Waals surface area contributed by atoms with Gasteiger partial charge in [0, 0.05) is 12.8 Å². The van der Waals surface area contributed by atoms with E-state index in [4.69, 9.17) is 4.74 Å². The molecule has 0 radical (unpaired) electrons. The molecule has 6 nitrogen and oxygen atoms in total. The zero-order chi connectivity index (χ0) is 47.9. The molecule has 2 atom stereocenters. The maximum atomic E-state index is 12.5. The van der Waals surface area contributed by atoms with Crippen molar-refractivity contribution in [3.63, 3.8) is 0 Å². The summed E-state index contributed by atoms with van der Waals surface area (Å²) in [7, 11) is 0. The van der Waals surface area contributed by atoms with E-state index < -0.39 is 12.1 Å². The number of aliphatic hydroxyl groups is 2. The zero-order valence-electron chi connectivity index (χ0n) is 44.2. The molecule has 0 aliphatic rings. The fourth-order valence-electron chi connectivity index (χ4n) is 8.90. The smallest absolute Gasteiger partial charge is 0.305 e. The highest BCUT2D eigenvalue weighted by atomic mass is 16.5. The Morgan fingerprint density at radius 1 is 0.424 bits per heavy atom. The van der Waals surface area contributed by atoms with Gasteiger partial charge in [-0.15, -0.1) is 0 Å². The van der Waals surface area contributed by atoms with E-state index in [0.29, 0.717) is 19.4 Å². The van der Waals surface area contributed by atoms with Crippen molar-refractivity contribution in [2.24, 2.45) is 0 Å². The predicted molar refractivity (Wildman–Crippen MR) is 287 cm³/mol. The van der Waals surface area contributed by atoms with Crippen molar-refractivity contribution in [3.8, 4) is 0 Å². The van der Waals surface area contributed by atoms with E-state index >= 15 is 0 Å². The maximum absolute atomic E-state index is 12.5. The third kappa shape index (κ3) is 51.5. The Morgan fingerprint density at radius 2 is 0.758 bits per heavy atom. The lowest BCUT2D eigenvalue weighted by molar-refractivity contribution is -0.143. The number of esters is 1. The first kappa shape index (κ1) is 64.1. The molecule has 0 fully saturated rings. The monoisotopic (exact) mass is 928 g/mol. The van der Waals surface area contributed by atoms with Gasteiger partial charge in [-0.1, -0.05) is 269 Å². The van der Waals surface area contributed by atoms with Crippen LogP contribution in [0.15, 0.2) is 36.5 Å². The fourth-order valence-corrected chi connectivity index (χ4v) is 8.90. The van der Waals surface area contributed by atoms with Crippen LogP contribution in [0, 0.1) is 0 Å². The van der Waals surface area contributed by atoms with Crippen LogP contribution in [0.3, 0.4) is 0 Å². The molecule has 0 saturated heterocycles. The van der Waals surface area contributed by atoms with Crippen LogP contribution in [-0.4, -0.2) is 47.4 Å². The van der Waals surface area contributed by atoms with E-state index in [1.165, 1.54) is 218 Å². The summed E-state index contributed by atoms with van der Waals surface area (Å²) in [6.45, 7) is 4.86. The second kappa shape index (κ2) is 55.7. The van der Waals surface area contributed by atoms with Gasteiger partial charge < -0.3 is 20.3 Å². The molecule has 0 aromatic rings. The van der Waals surface area contributed by atoms with E-state index in [1.807, 2.05) is 6.08 Å². The van der Waals surface area contributed by atoms with E-state index in [2.05, 4.69) is 43.5 Å². The van der Waals surface area contributed by atoms with Gasteiger partial charge in [-0.05, 0) is 64.2 Å². The van der Waals surface area contributed by atoms with Crippen LogP contribution < -0.4 is 5.32 Å². The lowest BCUT2D eigenvalue weighted by atomic mass is 10.0. The van der Waals surface area contributed by atoms with Gasteiger partial charge in [0.25, 0.3) is 0 Å². The summed E-state index contributed by atoms with van der Waals surface area (Å²) in [6, 6.07) is -0.641. The number of unbranched alkanes of at least 4 members (excludes halogenated alkanes) is 39. The third-order valence-electron chi connectivity index (χ3n) is 13.4. The lowest BCUT2D eigenvalue weighted by Gasteiger charge is -2.20. The number of allylic oxidation sites excluding steroid dienone is 5. The van der Waals surface area contributed by atoms with Crippen LogP contribution in [0.25, 0.3) is 0 Å². The van der Waals surface area contributed by atoms with Gasteiger partial charge in [-0.3, -0.25) is 9.59 Å². The number of hydrogen-bond acceptors (Lipinski definition) is 5. The lowest BCUT2D eigenvalue weighted by Crippen LogP contribution is -2.45. The summed E-state index contributed by atoms with van der Waals surface area (Å²) < 4.78 is 5.48. The molecule has 0 aromatic carbocycles. The van der Waals surface area contributed by atoms with Crippen molar-refractivity contribution < 1.29 is 24.5 Å². The summed E-state index contributed by atoms with van der Waals surface area (Å²) in [5.41, 5.74) is 0. The third-order valence-corrected chi connectivity index (χ3v) is 13.4. The molecule has 6 heteroatoms. The van der Waals surface area contributed by atoms with E-state index in [-0.39, 0.29) is 18.5 Å². The predicted octanol–water partition coefficient (Wildman–Crippen LogP) is 18.0. The molecule has 0 heterocycles. The largest absolute Gasteiger partial charge is 0.466 e. The number of amides is 1. The first-order valence-corrected chi connectivity index (χ1v) is 29.3. The quantitative estimate of drug-likeness (QED) is 0.0321. The molecular weight excluding hydrogens is 815 g/mol. The highest BCUT2D eigenvalue weighted by molar-refractivity contribution is 5.76. The van der Waals surface area contributed by atoms with Crippen LogP contribution in [0.4, 0.5) is 0 Å². The van der Waals surface area contributed by atoms with Gasteiger partial charge in [0.15, 0.2) is 0 Å². The fraction of sp³-hybridized carbons (Fsp3) is 0.867. The minimum Gasteiger partial charge on any atom is -0.466 e. The SMILES string of the molecule is CCCCC/C=C\C/C=C\CCCCCCCCCCCC(=O)OCCCCCCCCCCCCCCC(=O)NC(CO)C(O)/C=C/CCCCCCCCCCCCCCCCCC. The molecule has 0 aromatic heterocycles. The first-order valence-electron chi connectivity index (χ1n) is 29.3. The highest BCUT2D eigenvalue weighted by Gasteiger charge is 2.18. The first-order chi connectivity index (χ1) is 32.5. The topological polar surface area (TPSA) is 95.9 Å². The molecule has 0 saturated carbocycles. The van der Waals surface area contributed by atoms with Crippen LogP contribution in [0.2, 0.25) is 0 Å². The van der Waals surface area contributed by atoms with Crippen LogP contribution in [-0.2, 0) is 14.3 Å². The van der Waals surface area contributed by atoms with Gasteiger partial charge in [-0.25, -0.2) is 0 Å². The van der Waals surface area contributed by atoms with E-state index in [0.717, 1.165) is 64.2 Å². The number of carbonyl (C=O) groups is 2. The van der Waals surface area contributed by atoms with Gasteiger partial charge >= 0.3 is 5.97 Å². The Kier molecular flexibility index (Phi) is 54.1. The normalized spacial score (nSPS) is 12.8. The summed E-state index contributed by atoms with van der Waals surface area (Å²) in [5, 5.41) is 23.1. The Balaban J connectivity index is 3.48. The number of carbonyl (C=O) groups excluding carboxylic acids is 2. The van der Waals surface area contributed by atoms with Crippen molar-refractivity contribution in [3.05, 3.63) is 36.5 Å². The Labute approximate surface area is 411 Å². The van der Waals surface area contributed by atoms with Crippen molar-refractivity contribution in [2.75, 3.05) is 13.2 Å². The highest BCUT2D eigenvalue weighted by Crippen LogP contribution is 2.17. The second-order valence-electron chi connectivity index (χ2n) is 20.0. The molecule has 3 N–H and O–H groups in total. The standard InChI is InChI=1S/C60H113NO5/c1-3-5-7-9-11-13-15-17-19-21-23-25-27-29-34-38-42-46-50-54-60(65)66-55-51-47-43-39-35-31-30-33-37-41-45-49-53-59(64)61-57(56-62)58(63)52-48-44-40-36-32-28-26-24-22-20-18-16-14-12-10-8-6-4-2/h11,13,17,19,48,52,57-58,62-63H,3-10,12,14-16,18,20-47,49-51,53-56H2,1-2H3,(H,61,64)/b13-11-,19-17-,52-48+.